The molecule has 0 bridgehead atoms. The van der Waals surface area contributed by atoms with Crippen LogP contribution >= 0.6 is 11.8 Å². The van der Waals surface area contributed by atoms with E-state index in [9.17, 15) is 9.59 Å². The molecular weight excluding hydrogens is 336 g/mol. The Labute approximate surface area is 154 Å². The third kappa shape index (κ3) is 6.61. The van der Waals surface area contributed by atoms with E-state index in [1.807, 2.05) is 51.3 Å². The number of rotatable bonds is 4. The van der Waals surface area contributed by atoms with Crippen molar-refractivity contribution < 1.29 is 14.3 Å². The molecule has 1 saturated heterocycles. The van der Waals surface area contributed by atoms with Crippen LogP contribution < -0.4 is 5.32 Å². The molecule has 0 aliphatic carbocycles. The van der Waals surface area contributed by atoms with Gasteiger partial charge in [0, 0.05) is 30.1 Å². The van der Waals surface area contributed by atoms with Gasteiger partial charge in [0.05, 0.1) is 0 Å². The number of carbonyl (C=O) groups excluding carboxylic acids is 2. The smallest absolute Gasteiger partial charge is 0.410 e. The average Bonchev–Trinajstić information content (AvgIpc) is 2.54. The Kier molecular flexibility index (Phi) is 6.76. The highest BCUT2D eigenvalue weighted by atomic mass is 32.2. The molecule has 2 rings (SSSR count). The van der Waals surface area contributed by atoms with Gasteiger partial charge in [-0.25, -0.2) is 4.79 Å². The summed E-state index contributed by atoms with van der Waals surface area (Å²) in [4.78, 5) is 27.2. The molecule has 2 amide bonds. The zero-order chi connectivity index (χ0) is 18.4. The van der Waals surface area contributed by atoms with Crippen LogP contribution in [-0.2, 0) is 9.53 Å². The van der Waals surface area contributed by atoms with E-state index in [2.05, 4.69) is 5.32 Å². The van der Waals surface area contributed by atoms with Gasteiger partial charge in [-0.15, -0.1) is 11.8 Å². The number of nitrogens with one attached hydrogen (secondary N) is 1. The predicted octanol–water partition coefficient (Wildman–Crippen LogP) is 4.38. The van der Waals surface area contributed by atoms with Crippen LogP contribution in [-0.4, -0.2) is 41.8 Å². The van der Waals surface area contributed by atoms with Gasteiger partial charge in [-0.1, -0.05) is 0 Å². The molecule has 0 aromatic heterocycles. The fourth-order valence-corrected chi connectivity index (χ4v) is 3.20. The second-order valence-corrected chi connectivity index (χ2v) is 8.27. The second-order valence-electron chi connectivity index (χ2n) is 7.39. The lowest BCUT2D eigenvalue weighted by Crippen LogP contribution is -2.42. The third-order valence-corrected chi connectivity index (χ3v) is 4.86. The molecule has 25 heavy (non-hydrogen) atoms. The molecule has 138 valence electrons. The van der Waals surface area contributed by atoms with Gasteiger partial charge in [0.25, 0.3) is 0 Å². The summed E-state index contributed by atoms with van der Waals surface area (Å²) in [6, 6.07) is 7.85. The van der Waals surface area contributed by atoms with E-state index in [0.29, 0.717) is 25.4 Å². The minimum Gasteiger partial charge on any atom is -0.444 e. The Morgan fingerprint density at radius 2 is 1.80 bits per heavy atom. The third-order valence-electron chi connectivity index (χ3n) is 4.11. The summed E-state index contributed by atoms with van der Waals surface area (Å²) in [7, 11) is 0. The fraction of sp³-hybridized carbons (Fsp3) is 0.579. The lowest BCUT2D eigenvalue weighted by atomic mass is 9.93. The SMILES string of the molecule is CSc1ccc(NC(=O)CC2CCN(C(=O)OC(C)(C)C)CC2)cc1. The number of hydrogen-bond acceptors (Lipinski definition) is 4. The van der Waals surface area contributed by atoms with Crippen molar-refractivity contribution in [2.45, 2.75) is 50.5 Å². The number of thioether (sulfide) groups is 1. The zero-order valence-electron chi connectivity index (χ0n) is 15.5. The first-order valence-electron chi connectivity index (χ1n) is 8.68. The van der Waals surface area contributed by atoms with E-state index in [0.717, 1.165) is 18.5 Å². The van der Waals surface area contributed by atoms with E-state index >= 15 is 0 Å². The molecular formula is C19H28N2O3S. The molecule has 5 nitrogen and oxygen atoms in total. The molecule has 0 saturated carbocycles. The summed E-state index contributed by atoms with van der Waals surface area (Å²) in [5.74, 6) is 0.344. The summed E-state index contributed by atoms with van der Waals surface area (Å²) in [5, 5.41) is 2.95. The summed E-state index contributed by atoms with van der Waals surface area (Å²) in [6.45, 7) is 6.90. The highest BCUT2D eigenvalue weighted by Crippen LogP contribution is 2.23. The number of anilines is 1. The van der Waals surface area contributed by atoms with Gasteiger partial charge in [-0.05, 0) is 70.1 Å². The van der Waals surface area contributed by atoms with Gasteiger partial charge < -0.3 is 15.0 Å². The van der Waals surface area contributed by atoms with Crippen molar-refractivity contribution in [1.29, 1.82) is 0 Å². The van der Waals surface area contributed by atoms with Gasteiger partial charge in [-0.3, -0.25) is 4.79 Å². The summed E-state index contributed by atoms with van der Waals surface area (Å²) in [5.41, 5.74) is 0.355. The van der Waals surface area contributed by atoms with Crippen molar-refractivity contribution in [2.75, 3.05) is 24.7 Å². The van der Waals surface area contributed by atoms with Crippen molar-refractivity contribution in [3.05, 3.63) is 24.3 Å². The molecule has 1 aromatic carbocycles. The average molecular weight is 365 g/mol. The minimum atomic E-state index is -0.473. The number of piperidine rings is 1. The Hall–Kier alpha value is -1.69. The van der Waals surface area contributed by atoms with Gasteiger partial charge in [0.2, 0.25) is 5.91 Å². The molecule has 0 radical (unpaired) electrons. The van der Waals surface area contributed by atoms with Gasteiger partial charge in [0.1, 0.15) is 5.60 Å². The first-order valence-corrected chi connectivity index (χ1v) is 9.91. The Morgan fingerprint density at radius 1 is 1.20 bits per heavy atom. The highest BCUT2D eigenvalue weighted by Gasteiger charge is 2.27. The van der Waals surface area contributed by atoms with Crippen LogP contribution in [0.2, 0.25) is 0 Å². The molecule has 1 fully saturated rings. The Balaban J connectivity index is 1.75. The quantitative estimate of drug-likeness (QED) is 0.805. The van der Waals surface area contributed by atoms with Crippen LogP contribution in [0, 0.1) is 5.92 Å². The van der Waals surface area contributed by atoms with Crippen molar-refractivity contribution in [3.8, 4) is 0 Å². The van der Waals surface area contributed by atoms with Crippen LogP contribution in [0.4, 0.5) is 10.5 Å². The molecule has 0 spiro atoms. The number of likely N-dealkylation sites (tertiary alicyclic amines) is 1. The van der Waals surface area contributed by atoms with E-state index in [4.69, 9.17) is 4.74 Å². The monoisotopic (exact) mass is 364 g/mol. The molecule has 1 aromatic rings. The zero-order valence-corrected chi connectivity index (χ0v) is 16.3. The van der Waals surface area contributed by atoms with Gasteiger partial charge in [0.15, 0.2) is 0 Å². The maximum atomic E-state index is 12.2. The van der Waals surface area contributed by atoms with Crippen molar-refractivity contribution in [2.24, 2.45) is 5.92 Å². The van der Waals surface area contributed by atoms with E-state index < -0.39 is 5.60 Å². The van der Waals surface area contributed by atoms with E-state index in [1.54, 1.807) is 16.7 Å². The summed E-state index contributed by atoms with van der Waals surface area (Å²) in [6.07, 6.45) is 3.92. The number of benzene rings is 1. The van der Waals surface area contributed by atoms with Crippen molar-refractivity contribution in [3.63, 3.8) is 0 Å². The standard InChI is InChI=1S/C19H28N2O3S/c1-19(2,3)24-18(23)21-11-9-14(10-12-21)13-17(22)20-15-5-7-16(25-4)8-6-15/h5-8,14H,9-13H2,1-4H3,(H,20,22). The van der Waals surface area contributed by atoms with Crippen LogP contribution in [0.25, 0.3) is 0 Å². The van der Waals surface area contributed by atoms with Gasteiger partial charge in [-0.2, -0.15) is 0 Å². The second kappa shape index (κ2) is 8.61. The first kappa shape index (κ1) is 19.6. The van der Waals surface area contributed by atoms with Crippen LogP contribution in [0.1, 0.15) is 40.0 Å². The molecule has 6 heteroatoms. The van der Waals surface area contributed by atoms with Gasteiger partial charge >= 0.3 is 6.09 Å². The van der Waals surface area contributed by atoms with E-state index in [1.165, 1.54) is 4.90 Å². The first-order chi connectivity index (χ1) is 11.8. The lowest BCUT2D eigenvalue weighted by Gasteiger charge is -2.33. The van der Waals surface area contributed by atoms with Crippen molar-refractivity contribution in [1.82, 2.24) is 4.90 Å². The topological polar surface area (TPSA) is 58.6 Å². The summed E-state index contributed by atoms with van der Waals surface area (Å²) < 4.78 is 5.40. The summed E-state index contributed by atoms with van der Waals surface area (Å²) >= 11 is 1.68. The number of nitrogens with zero attached hydrogens (tertiary/aromatic N) is 1. The number of hydrogen-bond donors (Lipinski definition) is 1. The highest BCUT2D eigenvalue weighted by molar-refractivity contribution is 7.98. The number of amides is 2. The minimum absolute atomic E-state index is 0.0348. The Morgan fingerprint density at radius 3 is 2.32 bits per heavy atom. The number of carbonyl (C=O) groups is 2. The van der Waals surface area contributed by atoms with E-state index in [-0.39, 0.29) is 12.0 Å². The molecule has 1 aliphatic rings. The molecule has 1 aliphatic heterocycles. The number of ether oxygens (including phenoxy) is 1. The van der Waals surface area contributed by atoms with Crippen LogP contribution in [0.15, 0.2) is 29.2 Å². The maximum absolute atomic E-state index is 12.2. The van der Waals surface area contributed by atoms with Crippen LogP contribution in [0.3, 0.4) is 0 Å². The molecule has 0 atom stereocenters. The molecule has 0 unspecified atom stereocenters. The maximum Gasteiger partial charge on any atom is 0.410 e. The van der Waals surface area contributed by atoms with Crippen molar-refractivity contribution >= 4 is 29.4 Å². The molecule has 1 N–H and O–H groups in total. The van der Waals surface area contributed by atoms with Crippen LogP contribution in [0.5, 0.6) is 0 Å². The lowest BCUT2D eigenvalue weighted by molar-refractivity contribution is -0.117. The Bertz CT molecular complexity index is 588. The normalized spacial score (nSPS) is 15.8. The fourth-order valence-electron chi connectivity index (χ4n) is 2.79. The predicted molar refractivity (Wildman–Crippen MR) is 102 cm³/mol. The largest absolute Gasteiger partial charge is 0.444 e. The molecule has 1 heterocycles.